The summed E-state index contributed by atoms with van der Waals surface area (Å²) in [5.41, 5.74) is 7.19. The molecule has 0 amide bonds. The Morgan fingerprint density at radius 3 is 2.79 bits per heavy atom. The van der Waals surface area contributed by atoms with Crippen molar-refractivity contribution in [3.05, 3.63) is 23.0 Å². The van der Waals surface area contributed by atoms with E-state index in [9.17, 15) is 0 Å². The molecule has 0 spiro atoms. The summed E-state index contributed by atoms with van der Waals surface area (Å²) in [7, 11) is 0. The van der Waals surface area contributed by atoms with Gasteiger partial charge in [0.05, 0.1) is 5.69 Å². The fraction of sp³-hybridized carbons (Fsp3) is 0.333. The van der Waals surface area contributed by atoms with Crippen LogP contribution in [0.15, 0.2) is 12.3 Å². The van der Waals surface area contributed by atoms with E-state index in [4.69, 9.17) is 17.3 Å². The van der Waals surface area contributed by atoms with Crippen LogP contribution in [0.25, 0.3) is 5.65 Å². The van der Waals surface area contributed by atoms with Crippen LogP contribution in [-0.4, -0.2) is 14.6 Å². The van der Waals surface area contributed by atoms with Crippen molar-refractivity contribution in [1.29, 1.82) is 0 Å². The molecule has 2 N–H and O–H groups in total. The molecule has 0 aliphatic heterocycles. The van der Waals surface area contributed by atoms with Crippen LogP contribution >= 0.6 is 11.6 Å². The molecule has 0 bridgehead atoms. The summed E-state index contributed by atoms with van der Waals surface area (Å²) < 4.78 is 1.57. The zero-order valence-corrected chi connectivity index (χ0v) is 8.78. The molecule has 0 radical (unpaired) electrons. The second kappa shape index (κ2) is 3.13. The van der Waals surface area contributed by atoms with Gasteiger partial charge in [-0.2, -0.15) is 9.61 Å². The third kappa shape index (κ3) is 1.23. The number of rotatable bonds is 1. The van der Waals surface area contributed by atoms with Crippen molar-refractivity contribution in [1.82, 2.24) is 14.6 Å². The Morgan fingerprint density at radius 1 is 1.50 bits per heavy atom. The van der Waals surface area contributed by atoms with E-state index >= 15 is 0 Å². The van der Waals surface area contributed by atoms with Crippen LogP contribution in [0.1, 0.15) is 25.5 Å². The zero-order chi connectivity index (χ0) is 10.3. The summed E-state index contributed by atoms with van der Waals surface area (Å²) in [4.78, 5) is 4.13. The number of halogens is 1. The van der Waals surface area contributed by atoms with Gasteiger partial charge in [0, 0.05) is 6.20 Å². The Labute approximate surface area is 86.7 Å². The largest absolute Gasteiger partial charge is 0.384 e. The van der Waals surface area contributed by atoms with Crippen LogP contribution in [0.2, 0.25) is 5.02 Å². The quantitative estimate of drug-likeness (QED) is 0.784. The van der Waals surface area contributed by atoms with Crippen molar-refractivity contribution in [2.45, 2.75) is 19.8 Å². The maximum absolute atomic E-state index is 6.12. The Balaban J connectivity index is 2.80. The van der Waals surface area contributed by atoms with E-state index in [-0.39, 0.29) is 5.92 Å². The molecule has 0 fully saturated rings. The smallest absolute Gasteiger partial charge is 0.176 e. The first-order chi connectivity index (χ1) is 6.61. The van der Waals surface area contributed by atoms with Gasteiger partial charge in [-0.15, -0.1) is 0 Å². The second-order valence-corrected chi connectivity index (χ2v) is 3.84. The molecule has 0 saturated carbocycles. The minimum atomic E-state index is 0.267. The Morgan fingerprint density at radius 2 is 2.21 bits per heavy atom. The molecular formula is C9H11ClN4. The second-order valence-electron chi connectivity index (χ2n) is 3.46. The number of nitrogens with zero attached hydrogens (tertiary/aromatic N) is 3. The molecule has 74 valence electrons. The van der Waals surface area contributed by atoms with E-state index in [0.717, 1.165) is 5.69 Å². The average Bonchev–Trinajstić information content (AvgIpc) is 2.46. The minimum absolute atomic E-state index is 0.267. The highest BCUT2D eigenvalue weighted by molar-refractivity contribution is 6.34. The van der Waals surface area contributed by atoms with Crippen molar-refractivity contribution >= 4 is 23.1 Å². The molecule has 2 aromatic rings. The number of nitrogen functional groups attached to an aromatic ring is 1. The van der Waals surface area contributed by atoms with Gasteiger partial charge in [-0.05, 0) is 12.0 Å². The van der Waals surface area contributed by atoms with Crippen molar-refractivity contribution in [3.8, 4) is 0 Å². The Hall–Kier alpha value is -1.29. The summed E-state index contributed by atoms with van der Waals surface area (Å²) in [6.07, 6.45) is 1.63. The van der Waals surface area contributed by atoms with E-state index in [0.29, 0.717) is 16.5 Å². The van der Waals surface area contributed by atoms with E-state index in [1.54, 1.807) is 16.8 Å². The molecule has 0 saturated heterocycles. The summed E-state index contributed by atoms with van der Waals surface area (Å²) >= 11 is 6.12. The summed E-state index contributed by atoms with van der Waals surface area (Å²) in [5, 5.41) is 4.90. The van der Waals surface area contributed by atoms with Crippen LogP contribution in [0.5, 0.6) is 0 Å². The molecule has 5 heteroatoms. The van der Waals surface area contributed by atoms with Gasteiger partial charge in [-0.3, -0.25) is 0 Å². The third-order valence-electron chi connectivity index (χ3n) is 2.06. The van der Waals surface area contributed by atoms with Crippen LogP contribution in [0.3, 0.4) is 0 Å². The number of nitrogens with two attached hydrogens (primary N) is 1. The van der Waals surface area contributed by atoms with Crippen LogP contribution in [0.4, 0.5) is 5.82 Å². The van der Waals surface area contributed by atoms with E-state index in [1.165, 1.54) is 0 Å². The van der Waals surface area contributed by atoms with Gasteiger partial charge < -0.3 is 5.73 Å². The van der Waals surface area contributed by atoms with E-state index in [1.807, 2.05) is 13.8 Å². The van der Waals surface area contributed by atoms with Gasteiger partial charge in [-0.25, -0.2) is 4.98 Å². The predicted octanol–water partition coefficient (Wildman–Crippen LogP) is 2.09. The van der Waals surface area contributed by atoms with E-state index < -0.39 is 0 Å². The number of hydrogen-bond acceptors (Lipinski definition) is 3. The highest BCUT2D eigenvalue weighted by Gasteiger charge is 2.15. The zero-order valence-electron chi connectivity index (χ0n) is 8.03. The van der Waals surface area contributed by atoms with Gasteiger partial charge in [0.2, 0.25) is 0 Å². The molecule has 0 aromatic carbocycles. The van der Waals surface area contributed by atoms with Gasteiger partial charge in [0.25, 0.3) is 0 Å². The Bertz CT molecular complexity index is 475. The number of fused-ring (bicyclic) bond motifs is 1. The van der Waals surface area contributed by atoms with Gasteiger partial charge in [0.1, 0.15) is 10.8 Å². The topological polar surface area (TPSA) is 56.2 Å². The van der Waals surface area contributed by atoms with Crippen molar-refractivity contribution < 1.29 is 0 Å². The van der Waals surface area contributed by atoms with Crippen LogP contribution < -0.4 is 5.73 Å². The molecule has 0 atom stereocenters. The maximum atomic E-state index is 6.12. The molecular weight excluding hydrogens is 200 g/mol. The third-order valence-corrected chi connectivity index (χ3v) is 2.43. The minimum Gasteiger partial charge on any atom is -0.384 e. The predicted molar refractivity (Wildman–Crippen MR) is 56.5 cm³/mol. The lowest BCUT2D eigenvalue weighted by molar-refractivity contribution is 0.790. The van der Waals surface area contributed by atoms with E-state index in [2.05, 4.69) is 10.1 Å². The number of anilines is 1. The lowest BCUT2D eigenvalue weighted by atomic mass is 10.1. The molecule has 0 aliphatic rings. The first-order valence-corrected chi connectivity index (χ1v) is 4.77. The fourth-order valence-electron chi connectivity index (χ4n) is 1.32. The summed E-state index contributed by atoms with van der Waals surface area (Å²) in [6, 6.07) is 1.69. The molecule has 2 heterocycles. The molecule has 4 nitrogen and oxygen atoms in total. The monoisotopic (exact) mass is 210 g/mol. The molecule has 0 unspecified atom stereocenters. The normalized spacial score (nSPS) is 11.4. The first-order valence-electron chi connectivity index (χ1n) is 4.40. The SMILES string of the molecule is CC(C)c1nn2c(N)ccnc2c1Cl. The highest BCUT2D eigenvalue weighted by atomic mass is 35.5. The van der Waals surface area contributed by atoms with Gasteiger partial charge in [-0.1, -0.05) is 25.4 Å². The lowest BCUT2D eigenvalue weighted by Gasteiger charge is -1.97. The van der Waals surface area contributed by atoms with Crippen LogP contribution in [-0.2, 0) is 0 Å². The van der Waals surface area contributed by atoms with Gasteiger partial charge in [0.15, 0.2) is 5.65 Å². The maximum Gasteiger partial charge on any atom is 0.176 e. The molecule has 14 heavy (non-hydrogen) atoms. The number of hydrogen-bond donors (Lipinski definition) is 1. The van der Waals surface area contributed by atoms with Crippen LogP contribution in [0, 0.1) is 0 Å². The number of aromatic nitrogens is 3. The average molecular weight is 211 g/mol. The standard InChI is InChI=1S/C9H11ClN4/c1-5(2)8-7(10)9-12-4-3-6(11)14(9)13-8/h3-5H,11H2,1-2H3. The molecule has 0 aliphatic carbocycles. The molecule has 2 aromatic heterocycles. The summed E-state index contributed by atoms with van der Waals surface area (Å²) in [6.45, 7) is 4.06. The highest BCUT2D eigenvalue weighted by Crippen LogP contribution is 2.27. The summed E-state index contributed by atoms with van der Waals surface area (Å²) in [5.74, 6) is 0.812. The lowest BCUT2D eigenvalue weighted by Crippen LogP contribution is -1.99. The Kier molecular flexibility index (Phi) is 2.07. The fourth-order valence-corrected chi connectivity index (χ4v) is 1.71. The molecule has 2 rings (SSSR count). The van der Waals surface area contributed by atoms with Crippen molar-refractivity contribution in [2.24, 2.45) is 0 Å². The first kappa shape index (κ1) is 9.27. The van der Waals surface area contributed by atoms with Crippen molar-refractivity contribution in [2.75, 3.05) is 5.73 Å². The van der Waals surface area contributed by atoms with Gasteiger partial charge >= 0.3 is 0 Å². The van der Waals surface area contributed by atoms with Crippen molar-refractivity contribution in [3.63, 3.8) is 0 Å².